The number of nitrogens with two attached hydrogens (primary N) is 1. The van der Waals surface area contributed by atoms with Crippen molar-refractivity contribution >= 4 is 47.0 Å². The summed E-state index contributed by atoms with van der Waals surface area (Å²) in [6.45, 7) is 4.27. The second kappa shape index (κ2) is 10.3. The van der Waals surface area contributed by atoms with E-state index in [0.29, 0.717) is 31.8 Å². The largest absolute Gasteiger partial charge is 0.490 e. The van der Waals surface area contributed by atoms with E-state index in [4.69, 9.17) is 15.2 Å². The van der Waals surface area contributed by atoms with Crippen molar-refractivity contribution in [2.75, 3.05) is 38.2 Å². The average Bonchev–Trinajstić information content (AvgIpc) is 3.34. The number of rotatable bonds is 5. The number of aliphatic imine (C=N–C) groups is 1. The number of fused-ring (bicyclic) bond motifs is 1. The van der Waals surface area contributed by atoms with E-state index in [2.05, 4.69) is 32.7 Å². The molecule has 4 rings (SSSR count). The third-order valence-corrected chi connectivity index (χ3v) is 5.88. The molecule has 152 valence electrons. The Morgan fingerprint density at radius 1 is 1.14 bits per heavy atom. The Labute approximate surface area is 187 Å². The SMILES string of the molecule is I.NC(=NCC(c1cccs1)N1CCCC1)Nc1ccc2c(c1)OCCCO2. The van der Waals surface area contributed by atoms with Gasteiger partial charge in [0.2, 0.25) is 0 Å². The number of anilines is 1. The van der Waals surface area contributed by atoms with Crippen molar-refractivity contribution < 1.29 is 9.47 Å². The third kappa shape index (κ3) is 5.30. The number of guanidine groups is 1. The zero-order valence-corrected chi connectivity index (χ0v) is 18.9. The van der Waals surface area contributed by atoms with Crippen molar-refractivity contribution in [1.29, 1.82) is 0 Å². The molecule has 3 heterocycles. The molecule has 0 radical (unpaired) electrons. The highest BCUT2D eigenvalue weighted by molar-refractivity contribution is 14.0. The first-order valence-corrected chi connectivity index (χ1v) is 10.4. The van der Waals surface area contributed by atoms with Crippen LogP contribution in [0.4, 0.5) is 5.69 Å². The average molecular weight is 514 g/mol. The molecule has 2 aliphatic heterocycles. The summed E-state index contributed by atoms with van der Waals surface area (Å²) in [6.07, 6.45) is 3.41. The maximum atomic E-state index is 6.16. The van der Waals surface area contributed by atoms with E-state index in [1.807, 2.05) is 18.2 Å². The highest BCUT2D eigenvalue weighted by atomic mass is 127. The summed E-state index contributed by atoms with van der Waals surface area (Å²) < 4.78 is 11.4. The molecule has 1 unspecified atom stereocenters. The van der Waals surface area contributed by atoms with E-state index in [9.17, 15) is 0 Å². The maximum Gasteiger partial charge on any atom is 0.193 e. The van der Waals surface area contributed by atoms with Crippen molar-refractivity contribution in [1.82, 2.24) is 4.90 Å². The molecule has 0 amide bonds. The molecule has 2 aromatic rings. The van der Waals surface area contributed by atoms with Crippen LogP contribution in [-0.4, -0.2) is 43.7 Å². The smallest absolute Gasteiger partial charge is 0.193 e. The Morgan fingerprint density at radius 2 is 1.93 bits per heavy atom. The van der Waals surface area contributed by atoms with Gasteiger partial charge in [0.05, 0.1) is 25.8 Å². The molecule has 1 fully saturated rings. The zero-order valence-electron chi connectivity index (χ0n) is 15.8. The van der Waals surface area contributed by atoms with Gasteiger partial charge in [0, 0.05) is 23.1 Å². The predicted octanol–water partition coefficient (Wildman–Crippen LogP) is 4.09. The molecule has 3 N–H and O–H groups in total. The summed E-state index contributed by atoms with van der Waals surface area (Å²) >= 11 is 1.79. The lowest BCUT2D eigenvalue weighted by Gasteiger charge is -2.25. The molecule has 1 aromatic heterocycles. The summed E-state index contributed by atoms with van der Waals surface area (Å²) in [5.74, 6) is 1.95. The number of halogens is 1. The van der Waals surface area contributed by atoms with Crippen molar-refractivity contribution in [3.63, 3.8) is 0 Å². The summed E-state index contributed by atoms with van der Waals surface area (Å²) in [7, 11) is 0. The van der Waals surface area contributed by atoms with Crippen LogP contribution in [0.15, 0.2) is 40.7 Å². The van der Waals surface area contributed by atoms with E-state index < -0.39 is 0 Å². The van der Waals surface area contributed by atoms with Crippen LogP contribution in [0.2, 0.25) is 0 Å². The Kier molecular flexibility index (Phi) is 7.81. The minimum atomic E-state index is 0. The summed E-state index contributed by atoms with van der Waals surface area (Å²) in [5, 5.41) is 5.31. The lowest BCUT2D eigenvalue weighted by atomic mass is 10.2. The van der Waals surface area contributed by atoms with Gasteiger partial charge in [0.1, 0.15) is 0 Å². The lowest BCUT2D eigenvalue weighted by molar-refractivity contribution is 0.255. The lowest BCUT2D eigenvalue weighted by Crippen LogP contribution is -2.29. The van der Waals surface area contributed by atoms with Crippen LogP contribution in [0.5, 0.6) is 11.5 Å². The van der Waals surface area contributed by atoms with E-state index in [-0.39, 0.29) is 24.0 Å². The van der Waals surface area contributed by atoms with Gasteiger partial charge in [-0.25, -0.2) is 0 Å². The molecule has 0 bridgehead atoms. The molecule has 2 aliphatic rings. The van der Waals surface area contributed by atoms with Gasteiger partial charge in [-0.05, 0) is 49.5 Å². The quantitative estimate of drug-likeness (QED) is 0.358. The van der Waals surface area contributed by atoms with Crippen molar-refractivity contribution in [3.8, 4) is 11.5 Å². The Bertz CT molecular complexity index is 779. The fraction of sp³-hybridized carbons (Fsp3) is 0.450. The van der Waals surface area contributed by atoms with Crippen LogP contribution in [0.1, 0.15) is 30.2 Å². The molecule has 28 heavy (non-hydrogen) atoms. The first-order valence-electron chi connectivity index (χ1n) is 9.53. The minimum Gasteiger partial charge on any atom is -0.490 e. The fourth-order valence-corrected chi connectivity index (χ4v) is 4.38. The third-order valence-electron chi connectivity index (χ3n) is 4.91. The van der Waals surface area contributed by atoms with Crippen LogP contribution in [-0.2, 0) is 0 Å². The summed E-state index contributed by atoms with van der Waals surface area (Å²) in [5.41, 5.74) is 7.02. The second-order valence-electron chi connectivity index (χ2n) is 6.84. The monoisotopic (exact) mass is 514 g/mol. The number of benzene rings is 1. The van der Waals surface area contributed by atoms with Crippen molar-refractivity contribution in [3.05, 3.63) is 40.6 Å². The number of nitrogens with one attached hydrogen (secondary N) is 1. The van der Waals surface area contributed by atoms with Crippen LogP contribution in [0.25, 0.3) is 0 Å². The standard InChI is InChI=1S/C20H26N4O2S.HI/c21-20(23-15-6-7-17-18(13-15)26-11-4-10-25-17)22-14-16(19-5-3-12-27-19)24-8-1-2-9-24;/h3,5-7,12-13,16H,1-2,4,8-11,14H2,(H3,21,22,23);1H. The zero-order chi connectivity index (χ0) is 18.5. The van der Waals surface area contributed by atoms with Crippen LogP contribution >= 0.6 is 35.3 Å². The molecule has 6 nitrogen and oxygen atoms in total. The molecule has 8 heteroatoms. The molecular formula is C20H27IN4O2S. The molecule has 1 saturated heterocycles. The molecule has 1 aromatic carbocycles. The van der Waals surface area contributed by atoms with E-state index in [1.54, 1.807) is 11.3 Å². The Hall–Kier alpha value is -1.52. The molecular weight excluding hydrogens is 487 g/mol. The number of nitrogens with zero attached hydrogens (tertiary/aromatic N) is 2. The van der Waals surface area contributed by atoms with Gasteiger partial charge in [0.15, 0.2) is 17.5 Å². The number of ether oxygens (including phenoxy) is 2. The van der Waals surface area contributed by atoms with Crippen molar-refractivity contribution in [2.45, 2.75) is 25.3 Å². The van der Waals surface area contributed by atoms with Crippen LogP contribution in [0, 0.1) is 0 Å². The van der Waals surface area contributed by atoms with E-state index >= 15 is 0 Å². The Morgan fingerprint density at radius 3 is 2.68 bits per heavy atom. The highest BCUT2D eigenvalue weighted by Crippen LogP contribution is 2.32. The van der Waals surface area contributed by atoms with Gasteiger partial charge in [0.25, 0.3) is 0 Å². The number of hydrogen-bond acceptors (Lipinski definition) is 5. The van der Waals surface area contributed by atoms with E-state index in [1.165, 1.54) is 17.7 Å². The number of likely N-dealkylation sites (tertiary alicyclic amines) is 1. The number of thiophene rings is 1. The highest BCUT2D eigenvalue weighted by Gasteiger charge is 2.24. The maximum absolute atomic E-state index is 6.16. The van der Waals surface area contributed by atoms with Crippen LogP contribution in [0.3, 0.4) is 0 Å². The van der Waals surface area contributed by atoms with Gasteiger partial charge >= 0.3 is 0 Å². The number of hydrogen-bond donors (Lipinski definition) is 2. The summed E-state index contributed by atoms with van der Waals surface area (Å²) in [4.78, 5) is 8.49. The molecule has 0 aliphatic carbocycles. The van der Waals surface area contributed by atoms with Gasteiger partial charge in [-0.15, -0.1) is 35.3 Å². The molecule has 1 atom stereocenters. The van der Waals surface area contributed by atoms with Crippen LogP contribution < -0.4 is 20.5 Å². The van der Waals surface area contributed by atoms with Crippen molar-refractivity contribution in [2.24, 2.45) is 10.7 Å². The Balaban J connectivity index is 0.00000225. The van der Waals surface area contributed by atoms with E-state index in [0.717, 1.165) is 36.7 Å². The van der Waals surface area contributed by atoms with Gasteiger partial charge in [-0.2, -0.15) is 0 Å². The predicted molar refractivity (Wildman–Crippen MR) is 125 cm³/mol. The van der Waals surface area contributed by atoms with Gasteiger partial charge in [-0.3, -0.25) is 9.89 Å². The minimum absolute atomic E-state index is 0. The molecule has 0 spiro atoms. The first kappa shape index (κ1) is 21.2. The molecule has 0 saturated carbocycles. The summed E-state index contributed by atoms with van der Waals surface area (Å²) in [6, 6.07) is 10.4. The van der Waals surface area contributed by atoms with Gasteiger partial charge in [-0.1, -0.05) is 6.07 Å². The fourth-order valence-electron chi connectivity index (χ4n) is 3.53. The second-order valence-corrected chi connectivity index (χ2v) is 7.82. The topological polar surface area (TPSA) is 72.1 Å². The van der Waals surface area contributed by atoms with Gasteiger partial charge < -0.3 is 20.5 Å². The first-order chi connectivity index (χ1) is 13.3. The normalized spacial score (nSPS) is 18.2.